The number of benzene rings is 1. The maximum atomic E-state index is 5.71. The molecule has 0 spiro atoms. The van der Waals surface area contributed by atoms with Crippen molar-refractivity contribution in [3.8, 4) is 0 Å². The Labute approximate surface area is 113 Å². The third kappa shape index (κ3) is 3.31. The maximum Gasteiger partial charge on any atom is 0.0346 e. The first-order valence-corrected chi connectivity index (χ1v) is 7.46. The van der Waals surface area contributed by atoms with Crippen molar-refractivity contribution >= 4 is 21.4 Å². The number of rotatable bonds is 6. The molecular formula is C15H22N2S. The van der Waals surface area contributed by atoms with Gasteiger partial charge in [0.25, 0.3) is 0 Å². The highest BCUT2D eigenvalue weighted by atomic mass is 32.1. The van der Waals surface area contributed by atoms with Crippen molar-refractivity contribution in [2.75, 3.05) is 19.6 Å². The number of nitrogens with two attached hydrogens (primary N) is 1. The molecule has 98 valence electrons. The van der Waals surface area contributed by atoms with Crippen molar-refractivity contribution in [2.24, 2.45) is 11.7 Å². The Balaban J connectivity index is 2.15. The molecule has 3 heteroatoms. The van der Waals surface area contributed by atoms with E-state index in [1.807, 2.05) is 11.3 Å². The zero-order valence-electron chi connectivity index (χ0n) is 11.2. The number of fused-ring (bicyclic) bond motifs is 1. The van der Waals surface area contributed by atoms with E-state index in [1.165, 1.54) is 15.6 Å². The average molecular weight is 262 g/mol. The molecule has 1 heterocycles. The number of hydrogen-bond donors (Lipinski definition) is 1. The van der Waals surface area contributed by atoms with Crippen molar-refractivity contribution < 1.29 is 0 Å². The van der Waals surface area contributed by atoms with Gasteiger partial charge in [0, 0.05) is 30.9 Å². The van der Waals surface area contributed by atoms with Crippen LogP contribution in [0.5, 0.6) is 0 Å². The van der Waals surface area contributed by atoms with Crippen LogP contribution in [-0.2, 0) is 6.54 Å². The van der Waals surface area contributed by atoms with Gasteiger partial charge in [0.05, 0.1) is 0 Å². The first-order valence-electron chi connectivity index (χ1n) is 6.58. The summed E-state index contributed by atoms with van der Waals surface area (Å²) in [7, 11) is 0. The molecule has 0 bridgehead atoms. The Morgan fingerprint density at radius 1 is 1.28 bits per heavy atom. The molecule has 0 amide bonds. The summed E-state index contributed by atoms with van der Waals surface area (Å²) in [5, 5.41) is 3.68. The molecule has 0 aliphatic heterocycles. The van der Waals surface area contributed by atoms with Gasteiger partial charge in [0.1, 0.15) is 0 Å². The Hall–Kier alpha value is -0.900. The summed E-state index contributed by atoms with van der Waals surface area (Å²) in [6.07, 6.45) is 0. The lowest BCUT2D eigenvalue weighted by Crippen LogP contribution is -2.32. The van der Waals surface area contributed by atoms with Gasteiger partial charge in [-0.05, 0) is 28.3 Å². The summed E-state index contributed by atoms with van der Waals surface area (Å²) >= 11 is 1.83. The molecule has 2 N–H and O–H groups in total. The van der Waals surface area contributed by atoms with E-state index in [0.717, 1.165) is 26.2 Å². The van der Waals surface area contributed by atoms with Gasteiger partial charge in [-0.2, -0.15) is 0 Å². The fourth-order valence-electron chi connectivity index (χ4n) is 2.33. The van der Waals surface area contributed by atoms with Gasteiger partial charge in [-0.1, -0.05) is 32.0 Å². The molecule has 0 saturated carbocycles. The second-order valence-electron chi connectivity index (χ2n) is 5.17. The highest BCUT2D eigenvalue weighted by molar-refractivity contribution is 7.17. The normalized spacial score (nSPS) is 11.8. The monoisotopic (exact) mass is 262 g/mol. The maximum absolute atomic E-state index is 5.71. The number of hydrogen-bond acceptors (Lipinski definition) is 3. The predicted molar refractivity (Wildman–Crippen MR) is 81.0 cm³/mol. The number of nitrogens with zero attached hydrogens (tertiary/aromatic N) is 1. The molecule has 0 unspecified atom stereocenters. The van der Waals surface area contributed by atoms with Gasteiger partial charge in [-0.3, -0.25) is 4.90 Å². The molecule has 0 atom stereocenters. The topological polar surface area (TPSA) is 29.3 Å². The molecule has 0 saturated heterocycles. The lowest BCUT2D eigenvalue weighted by Gasteiger charge is -2.23. The van der Waals surface area contributed by atoms with E-state index in [2.05, 4.69) is 48.4 Å². The van der Waals surface area contributed by atoms with Crippen LogP contribution in [0.1, 0.15) is 19.4 Å². The van der Waals surface area contributed by atoms with E-state index < -0.39 is 0 Å². The zero-order chi connectivity index (χ0) is 13.0. The van der Waals surface area contributed by atoms with E-state index in [1.54, 1.807) is 0 Å². The minimum Gasteiger partial charge on any atom is -0.329 e. The van der Waals surface area contributed by atoms with E-state index >= 15 is 0 Å². The summed E-state index contributed by atoms with van der Waals surface area (Å²) in [6, 6.07) is 8.64. The highest BCUT2D eigenvalue weighted by Crippen LogP contribution is 2.26. The molecule has 0 aliphatic rings. The van der Waals surface area contributed by atoms with Crippen LogP contribution in [0.25, 0.3) is 10.1 Å². The van der Waals surface area contributed by atoms with Gasteiger partial charge < -0.3 is 5.73 Å². The summed E-state index contributed by atoms with van der Waals surface area (Å²) in [4.78, 5) is 2.46. The van der Waals surface area contributed by atoms with Gasteiger partial charge in [-0.25, -0.2) is 0 Å². The first-order chi connectivity index (χ1) is 8.70. The van der Waals surface area contributed by atoms with Crippen LogP contribution in [0, 0.1) is 5.92 Å². The summed E-state index contributed by atoms with van der Waals surface area (Å²) in [5.74, 6) is 0.682. The molecule has 2 rings (SSSR count). The van der Waals surface area contributed by atoms with Crippen molar-refractivity contribution in [1.82, 2.24) is 4.90 Å². The first kappa shape index (κ1) is 13.5. The Kier molecular flexibility index (Phi) is 4.75. The molecule has 0 fully saturated rings. The standard InChI is InChI=1S/C15H22N2S/c1-12(2)9-17(8-7-16)10-13-11-18-15-6-4-3-5-14(13)15/h3-6,11-12H,7-10,16H2,1-2H3. The minimum absolute atomic E-state index is 0.682. The van der Waals surface area contributed by atoms with Crippen LogP contribution in [-0.4, -0.2) is 24.5 Å². The molecule has 1 aromatic heterocycles. The van der Waals surface area contributed by atoms with E-state index in [9.17, 15) is 0 Å². The van der Waals surface area contributed by atoms with Gasteiger partial charge in [0.15, 0.2) is 0 Å². The quantitative estimate of drug-likeness (QED) is 0.865. The third-order valence-electron chi connectivity index (χ3n) is 3.02. The zero-order valence-corrected chi connectivity index (χ0v) is 12.0. The Bertz CT molecular complexity index is 490. The van der Waals surface area contributed by atoms with Crippen molar-refractivity contribution in [3.05, 3.63) is 35.2 Å². The fraction of sp³-hybridized carbons (Fsp3) is 0.467. The van der Waals surface area contributed by atoms with E-state index in [-0.39, 0.29) is 0 Å². The van der Waals surface area contributed by atoms with Crippen LogP contribution >= 0.6 is 11.3 Å². The molecule has 0 aliphatic carbocycles. The predicted octanol–water partition coefficient (Wildman–Crippen LogP) is 3.32. The minimum atomic E-state index is 0.682. The largest absolute Gasteiger partial charge is 0.329 e. The van der Waals surface area contributed by atoms with Crippen molar-refractivity contribution in [3.63, 3.8) is 0 Å². The third-order valence-corrected chi connectivity index (χ3v) is 4.04. The van der Waals surface area contributed by atoms with Gasteiger partial charge >= 0.3 is 0 Å². The lowest BCUT2D eigenvalue weighted by atomic mass is 10.1. The fourth-order valence-corrected chi connectivity index (χ4v) is 3.28. The van der Waals surface area contributed by atoms with Crippen LogP contribution < -0.4 is 5.73 Å². The second-order valence-corrected chi connectivity index (χ2v) is 6.09. The molecule has 18 heavy (non-hydrogen) atoms. The van der Waals surface area contributed by atoms with Crippen LogP contribution in [0.3, 0.4) is 0 Å². The summed E-state index contributed by atoms with van der Waals surface area (Å²) in [5.41, 5.74) is 7.14. The molecular weight excluding hydrogens is 240 g/mol. The molecule has 2 nitrogen and oxygen atoms in total. The summed E-state index contributed by atoms with van der Waals surface area (Å²) < 4.78 is 1.38. The average Bonchev–Trinajstić information content (AvgIpc) is 2.72. The molecule has 0 radical (unpaired) electrons. The molecule has 2 aromatic rings. The lowest BCUT2D eigenvalue weighted by molar-refractivity contribution is 0.243. The van der Waals surface area contributed by atoms with Gasteiger partial charge in [0.2, 0.25) is 0 Å². The Morgan fingerprint density at radius 3 is 2.78 bits per heavy atom. The SMILES string of the molecule is CC(C)CN(CCN)Cc1csc2ccccc12. The van der Waals surface area contributed by atoms with E-state index in [4.69, 9.17) is 5.73 Å². The van der Waals surface area contributed by atoms with Gasteiger partial charge in [-0.15, -0.1) is 11.3 Å². The van der Waals surface area contributed by atoms with Crippen molar-refractivity contribution in [1.29, 1.82) is 0 Å². The Morgan fingerprint density at radius 2 is 2.06 bits per heavy atom. The second kappa shape index (κ2) is 6.32. The highest BCUT2D eigenvalue weighted by Gasteiger charge is 2.10. The van der Waals surface area contributed by atoms with Crippen LogP contribution in [0.2, 0.25) is 0 Å². The molecule has 1 aromatic carbocycles. The smallest absolute Gasteiger partial charge is 0.0346 e. The van der Waals surface area contributed by atoms with Crippen LogP contribution in [0.15, 0.2) is 29.6 Å². The van der Waals surface area contributed by atoms with Crippen molar-refractivity contribution in [2.45, 2.75) is 20.4 Å². The van der Waals surface area contributed by atoms with E-state index in [0.29, 0.717) is 5.92 Å². The summed E-state index contributed by atoms with van der Waals surface area (Å²) in [6.45, 7) is 8.35. The number of thiophene rings is 1. The van der Waals surface area contributed by atoms with Crippen LogP contribution in [0.4, 0.5) is 0 Å².